The topological polar surface area (TPSA) is 92.1 Å². The van der Waals surface area contributed by atoms with E-state index in [9.17, 15) is 10.0 Å². The standard InChI is InChI=1S/C12H15N5O2/c18-12-16-10(15-7-8-3-1-5-13-8)9-4-2-6-14-11(9)17(12)19/h2,4,6,8,13,19H,1,3,5,7H2,(H,15,16,18)/t8-/m1/s1. The van der Waals surface area contributed by atoms with Crippen LogP contribution < -0.4 is 16.3 Å². The van der Waals surface area contributed by atoms with E-state index in [2.05, 4.69) is 20.6 Å². The lowest BCUT2D eigenvalue weighted by Gasteiger charge is -2.13. The number of hydrogen-bond donors (Lipinski definition) is 3. The summed E-state index contributed by atoms with van der Waals surface area (Å²) in [6.45, 7) is 1.73. The first-order valence-corrected chi connectivity index (χ1v) is 6.30. The quantitative estimate of drug-likeness (QED) is 0.683. The SMILES string of the molecule is O=c1nc(NC[C@H]2CCCN2)c2cccnc2n1O. The van der Waals surface area contributed by atoms with Gasteiger partial charge in [0.15, 0.2) is 5.65 Å². The molecule has 1 fully saturated rings. The van der Waals surface area contributed by atoms with Crippen molar-refractivity contribution < 1.29 is 5.21 Å². The number of rotatable bonds is 3. The molecule has 2 aromatic heterocycles. The van der Waals surface area contributed by atoms with Crippen LogP contribution in [0.25, 0.3) is 11.0 Å². The zero-order chi connectivity index (χ0) is 13.2. The summed E-state index contributed by atoms with van der Waals surface area (Å²) in [4.78, 5) is 19.4. The highest BCUT2D eigenvalue weighted by Crippen LogP contribution is 2.17. The molecule has 19 heavy (non-hydrogen) atoms. The predicted octanol–water partition coefficient (Wildman–Crippen LogP) is 0.193. The maximum atomic E-state index is 11.6. The van der Waals surface area contributed by atoms with Gasteiger partial charge in [-0.2, -0.15) is 4.98 Å². The Labute approximate surface area is 109 Å². The zero-order valence-corrected chi connectivity index (χ0v) is 10.3. The molecule has 0 spiro atoms. The van der Waals surface area contributed by atoms with E-state index in [0.717, 1.165) is 13.0 Å². The Bertz CT molecular complexity index is 648. The van der Waals surface area contributed by atoms with Crippen molar-refractivity contribution in [1.29, 1.82) is 0 Å². The predicted molar refractivity (Wildman–Crippen MR) is 70.5 cm³/mol. The van der Waals surface area contributed by atoms with E-state index in [1.165, 1.54) is 12.6 Å². The molecule has 0 bridgehead atoms. The lowest BCUT2D eigenvalue weighted by atomic mass is 10.2. The van der Waals surface area contributed by atoms with Crippen molar-refractivity contribution in [3.8, 4) is 0 Å². The summed E-state index contributed by atoms with van der Waals surface area (Å²) in [5, 5.41) is 16.8. The van der Waals surface area contributed by atoms with Crippen molar-refractivity contribution in [2.75, 3.05) is 18.4 Å². The maximum absolute atomic E-state index is 11.6. The van der Waals surface area contributed by atoms with Crippen molar-refractivity contribution in [1.82, 2.24) is 20.0 Å². The average Bonchev–Trinajstić information content (AvgIpc) is 2.95. The molecule has 2 aromatic rings. The Morgan fingerprint density at radius 2 is 2.47 bits per heavy atom. The minimum absolute atomic E-state index is 0.212. The highest BCUT2D eigenvalue weighted by Gasteiger charge is 2.15. The van der Waals surface area contributed by atoms with E-state index >= 15 is 0 Å². The van der Waals surface area contributed by atoms with E-state index in [-0.39, 0.29) is 5.65 Å². The smallest absolute Gasteiger partial charge is 0.384 e. The molecular formula is C12H15N5O2. The van der Waals surface area contributed by atoms with Crippen LogP contribution in [0.15, 0.2) is 23.1 Å². The molecule has 3 rings (SSSR count). The third kappa shape index (κ3) is 2.24. The minimum atomic E-state index is -0.729. The van der Waals surface area contributed by atoms with Crippen molar-refractivity contribution in [3.05, 3.63) is 28.8 Å². The van der Waals surface area contributed by atoms with Gasteiger partial charge in [0.2, 0.25) is 0 Å². The second-order valence-corrected chi connectivity index (χ2v) is 4.60. The van der Waals surface area contributed by atoms with E-state index in [4.69, 9.17) is 0 Å². The van der Waals surface area contributed by atoms with Gasteiger partial charge >= 0.3 is 5.69 Å². The Hall–Kier alpha value is -2.15. The molecule has 0 amide bonds. The first-order valence-electron chi connectivity index (χ1n) is 6.30. The first-order chi connectivity index (χ1) is 9.25. The molecule has 7 heteroatoms. The van der Waals surface area contributed by atoms with Gasteiger partial charge in [-0.15, -0.1) is 4.73 Å². The van der Waals surface area contributed by atoms with Crippen LogP contribution in [0.4, 0.5) is 5.82 Å². The summed E-state index contributed by atoms with van der Waals surface area (Å²) in [5.74, 6) is 0.465. The Kier molecular flexibility index (Phi) is 3.04. The normalized spacial score (nSPS) is 18.8. The number of hydrogen-bond acceptors (Lipinski definition) is 6. The van der Waals surface area contributed by atoms with Crippen LogP contribution in [0.1, 0.15) is 12.8 Å². The lowest BCUT2D eigenvalue weighted by molar-refractivity contribution is 0.182. The number of nitrogens with zero attached hydrogens (tertiary/aromatic N) is 3. The van der Waals surface area contributed by atoms with E-state index in [1.54, 1.807) is 12.1 Å². The molecule has 0 saturated carbocycles. The highest BCUT2D eigenvalue weighted by molar-refractivity contribution is 5.86. The number of pyridine rings is 1. The molecule has 7 nitrogen and oxygen atoms in total. The van der Waals surface area contributed by atoms with Crippen LogP contribution in [-0.2, 0) is 0 Å². The molecule has 3 heterocycles. The van der Waals surface area contributed by atoms with Crippen molar-refractivity contribution in [2.24, 2.45) is 0 Å². The Morgan fingerprint density at radius 3 is 3.26 bits per heavy atom. The molecule has 1 aliphatic rings. The maximum Gasteiger partial charge on any atom is 0.384 e. The third-order valence-corrected chi connectivity index (χ3v) is 3.31. The molecule has 1 atom stereocenters. The van der Waals surface area contributed by atoms with Crippen molar-refractivity contribution >= 4 is 16.9 Å². The van der Waals surface area contributed by atoms with E-state index in [1.807, 2.05) is 0 Å². The summed E-state index contributed by atoms with van der Waals surface area (Å²) >= 11 is 0. The van der Waals surface area contributed by atoms with Gasteiger partial charge in [0.1, 0.15) is 5.82 Å². The Balaban J connectivity index is 1.94. The number of anilines is 1. The van der Waals surface area contributed by atoms with E-state index in [0.29, 0.717) is 28.5 Å². The number of nitrogens with one attached hydrogen (secondary N) is 2. The molecule has 0 unspecified atom stereocenters. The van der Waals surface area contributed by atoms with Gasteiger partial charge < -0.3 is 15.8 Å². The second-order valence-electron chi connectivity index (χ2n) is 4.60. The molecule has 0 aromatic carbocycles. The van der Waals surface area contributed by atoms with Crippen LogP contribution in [-0.4, -0.2) is 39.0 Å². The summed E-state index contributed by atoms with van der Waals surface area (Å²) in [6, 6.07) is 3.91. The van der Waals surface area contributed by atoms with Gasteiger partial charge in [-0.25, -0.2) is 9.78 Å². The Morgan fingerprint density at radius 1 is 1.58 bits per heavy atom. The van der Waals surface area contributed by atoms with Crippen molar-refractivity contribution in [3.63, 3.8) is 0 Å². The molecule has 0 aliphatic carbocycles. The van der Waals surface area contributed by atoms with Gasteiger partial charge in [0, 0.05) is 18.8 Å². The summed E-state index contributed by atoms with van der Waals surface area (Å²) in [5.41, 5.74) is -0.516. The second kappa shape index (κ2) is 4.85. The summed E-state index contributed by atoms with van der Waals surface area (Å²) in [7, 11) is 0. The molecule has 3 N–H and O–H groups in total. The van der Waals surface area contributed by atoms with Gasteiger partial charge in [-0.1, -0.05) is 0 Å². The third-order valence-electron chi connectivity index (χ3n) is 3.31. The first kappa shape index (κ1) is 11.9. The van der Waals surface area contributed by atoms with Gasteiger partial charge in [0.25, 0.3) is 0 Å². The van der Waals surface area contributed by atoms with Crippen LogP contribution in [0.3, 0.4) is 0 Å². The van der Waals surface area contributed by atoms with Crippen LogP contribution in [0.2, 0.25) is 0 Å². The van der Waals surface area contributed by atoms with E-state index < -0.39 is 5.69 Å². The van der Waals surface area contributed by atoms with Crippen LogP contribution in [0.5, 0.6) is 0 Å². The summed E-state index contributed by atoms with van der Waals surface area (Å²) < 4.78 is 0.467. The fourth-order valence-electron chi connectivity index (χ4n) is 2.33. The molecular weight excluding hydrogens is 246 g/mol. The monoisotopic (exact) mass is 261 g/mol. The fraction of sp³-hybridized carbons (Fsp3) is 0.417. The fourth-order valence-corrected chi connectivity index (χ4v) is 2.33. The van der Waals surface area contributed by atoms with Gasteiger partial charge in [-0.05, 0) is 31.5 Å². The summed E-state index contributed by atoms with van der Waals surface area (Å²) in [6.07, 6.45) is 3.80. The highest BCUT2D eigenvalue weighted by atomic mass is 16.5. The molecule has 1 saturated heterocycles. The lowest BCUT2D eigenvalue weighted by Crippen LogP contribution is -2.31. The zero-order valence-electron chi connectivity index (χ0n) is 10.3. The molecule has 1 aliphatic heterocycles. The number of fused-ring (bicyclic) bond motifs is 1. The van der Waals surface area contributed by atoms with Crippen LogP contribution >= 0.6 is 0 Å². The van der Waals surface area contributed by atoms with Crippen molar-refractivity contribution in [2.45, 2.75) is 18.9 Å². The molecule has 0 radical (unpaired) electrons. The molecule has 100 valence electrons. The van der Waals surface area contributed by atoms with Gasteiger partial charge in [-0.3, -0.25) is 0 Å². The largest absolute Gasteiger partial charge is 0.422 e. The van der Waals surface area contributed by atoms with Gasteiger partial charge in [0.05, 0.1) is 5.39 Å². The minimum Gasteiger partial charge on any atom is -0.422 e. The average molecular weight is 261 g/mol. The van der Waals surface area contributed by atoms with Crippen LogP contribution in [0, 0.1) is 0 Å². The number of aromatic nitrogens is 3.